The van der Waals surface area contributed by atoms with Crippen LogP contribution < -0.4 is 5.73 Å². The Balaban J connectivity index is 1.91. The molecule has 1 amide bonds. The summed E-state index contributed by atoms with van der Waals surface area (Å²) < 4.78 is 0. The van der Waals surface area contributed by atoms with E-state index in [0.717, 1.165) is 38.9 Å². The Morgan fingerprint density at radius 1 is 1.50 bits per heavy atom. The molecule has 0 radical (unpaired) electrons. The number of likely N-dealkylation sites (tertiary alicyclic amines) is 1. The van der Waals surface area contributed by atoms with Crippen LogP contribution in [0.1, 0.15) is 46.0 Å². The van der Waals surface area contributed by atoms with E-state index in [2.05, 4.69) is 24.8 Å². The van der Waals surface area contributed by atoms with E-state index in [1.54, 1.807) is 0 Å². The first-order valence-electron chi connectivity index (χ1n) is 8.09. The first-order valence-corrected chi connectivity index (χ1v) is 8.09. The van der Waals surface area contributed by atoms with E-state index in [4.69, 9.17) is 5.73 Å². The van der Waals surface area contributed by atoms with Gasteiger partial charge in [-0.2, -0.15) is 0 Å². The fourth-order valence-corrected chi connectivity index (χ4v) is 3.28. The summed E-state index contributed by atoms with van der Waals surface area (Å²) in [4.78, 5) is 16.8. The maximum atomic E-state index is 12.5. The van der Waals surface area contributed by atoms with Crippen LogP contribution in [0.25, 0.3) is 0 Å². The van der Waals surface area contributed by atoms with Crippen molar-refractivity contribution in [2.45, 2.75) is 52.0 Å². The smallest absolute Gasteiger partial charge is 0.240 e. The van der Waals surface area contributed by atoms with Crippen LogP contribution in [0, 0.1) is 5.92 Å². The molecule has 114 valence electrons. The Morgan fingerprint density at radius 3 is 2.90 bits per heavy atom. The molecule has 2 atom stereocenters. The van der Waals surface area contributed by atoms with Crippen LogP contribution in [0.5, 0.6) is 0 Å². The molecule has 1 saturated heterocycles. The number of amides is 1. The lowest BCUT2D eigenvalue weighted by molar-refractivity contribution is -0.131. The van der Waals surface area contributed by atoms with Crippen molar-refractivity contribution in [1.82, 2.24) is 9.80 Å². The maximum absolute atomic E-state index is 12.5. The van der Waals surface area contributed by atoms with Gasteiger partial charge < -0.3 is 10.6 Å². The number of hydrogen-bond acceptors (Lipinski definition) is 3. The molecule has 0 aromatic heterocycles. The van der Waals surface area contributed by atoms with Gasteiger partial charge >= 0.3 is 0 Å². The van der Waals surface area contributed by atoms with Gasteiger partial charge in [0, 0.05) is 31.4 Å². The second-order valence-corrected chi connectivity index (χ2v) is 6.24. The Morgan fingerprint density at radius 2 is 2.30 bits per heavy atom. The monoisotopic (exact) mass is 279 g/mol. The Kier molecular flexibility index (Phi) is 5.61. The van der Waals surface area contributed by atoms with Crippen LogP contribution >= 0.6 is 0 Å². The van der Waals surface area contributed by atoms with Gasteiger partial charge in [-0.25, -0.2) is 0 Å². The van der Waals surface area contributed by atoms with Crippen molar-refractivity contribution in [2.75, 3.05) is 26.2 Å². The molecule has 2 N–H and O–H groups in total. The molecule has 0 spiro atoms. The average Bonchev–Trinajstić information content (AvgIpc) is 2.45. The lowest BCUT2D eigenvalue weighted by Crippen LogP contribution is -2.49. The van der Waals surface area contributed by atoms with Crippen molar-refractivity contribution < 1.29 is 4.79 Å². The van der Waals surface area contributed by atoms with E-state index in [0.29, 0.717) is 18.5 Å². The number of carbonyl (C=O) groups is 1. The van der Waals surface area contributed by atoms with Gasteiger partial charge in [0.2, 0.25) is 5.91 Å². The predicted octanol–water partition coefficient (Wildman–Crippen LogP) is 1.96. The summed E-state index contributed by atoms with van der Waals surface area (Å²) in [6.07, 6.45) is 7.90. The number of nitrogens with two attached hydrogens (primary N) is 1. The highest BCUT2D eigenvalue weighted by Crippen LogP contribution is 2.21. The van der Waals surface area contributed by atoms with Crippen molar-refractivity contribution in [1.29, 1.82) is 0 Å². The highest BCUT2D eigenvalue weighted by Gasteiger charge is 2.26. The third kappa shape index (κ3) is 3.83. The fourth-order valence-electron chi connectivity index (χ4n) is 3.28. The van der Waals surface area contributed by atoms with Crippen molar-refractivity contribution in [3.63, 3.8) is 0 Å². The highest BCUT2D eigenvalue weighted by atomic mass is 16.2. The fraction of sp³-hybridized carbons (Fsp3) is 0.812. The van der Waals surface area contributed by atoms with Crippen molar-refractivity contribution >= 4 is 5.91 Å². The maximum Gasteiger partial charge on any atom is 0.240 e. The van der Waals surface area contributed by atoms with Crippen molar-refractivity contribution in [2.24, 2.45) is 11.7 Å². The van der Waals surface area contributed by atoms with Gasteiger partial charge in [-0.1, -0.05) is 13.0 Å². The Bertz CT molecular complexity index is 367. The number of rotatable bonds is 4. The summed E-state index contributed by atoms with van der Waals surface area (Å²) in [5.41, 5.74) is 7.28. The summed E-state index contributed by atoms with van der Waals surface area (Å²) in [6, 6.07) is 0.296. The van der Waals surface area contributed by atoms with Gasteiger partial charge in [-0.3, -0.25) is 9.69 Å². The molecule has 0 bridgehead atoms. The van der Waals surface area contributed by atoms with Gasteiger partial charge in [0.15, 0.2) is 0 Å². The number of hydrogen-bond donors (Lipinski definition) is 1. The topological polar surface area (TPSA) is 49.6 Å². The van der Waals surface area contributed by atoms with Gasteiger partial charge in [-0.05, 0) is 44.9 Å². The zero-order chi connectivity index (χ0) is 14.5. The summed E-state index contributed by atoms with van der Waals surface area (Å²) >= 11 is 0. The predicted molar refractivity (Wildman–Crippen MR) is 82.1 cm³/mol. The quantitative estimate of drug-likeness (QED) is 0.856. The molecular weight excluding hydrogens is 250 g/mol. The van der Waals surface area contributed by atoms with Gasteiger partial charge in [0.25, 0.3) is 0 Å². The lowest BCUT2D eigenvalue weighted by atomic mass is 9.95. The molecule has 2 rings (SSSR count). The number of nitrogens with zero attached hydrogens (tertiary/aromatic N) is 2. The van der Waals surface area contributed by atoms with Crippen LogP contribution in [0.2, 0.25) is 0 Å². The molecule has 2 unspecified atom stereocenters. The molecule has 1 aliphatic carbocycles. The summed E-state index contributed by atoms with van der Waals surface area (Å²) in [7, 11) is 0. The van der Waals surface area contributed by atoms with E-state index in [-0.39, 0.29) is 5.91 Å². The van der Waals surface area contributed by atoms with Crippen molar-refractivity contribution in [3.8, 4) is 0 Å². The first-order chi connectivity index (χ1) is 9.61. The first kappa shape index (κ1) is 15.5. The summed E-state index contributed by atoms with van der Waals surface area (Å²) in [6.45, 7) is 7.48. The Hall–Kier alpha value is -0.870. The van der Waals surface area contributed by atoms with E-state index in [1.807, 2.05) is 4.90 Å². The number of allylic oxidation sites excluding steroid dienone is 2. The SMILES string of the molecule is CCN(C(=O)CN1CCC(N)C(C)C1)C1=CCCCC1. The van der Waals surface area contributed by atoms with Crippen molar-refractivity contribution in [3.05, 3.63) is 11.8 Å². The third-order valence-corrected chi connectivity index (χ3v) is 4.65. The second-order valence-electron chi connectivity index (χ2n) is 6.24. The molecule has 20 heavy (non-hydrogen) atoms. The van der Waals surface area contributed by atoms with Crippen LogP contribution in [0.15, 0.2) is 11.8 Å². The number of likely N-dealkylation sites (N-methyl/N-ethyl adjacent to an activating group) is 1. The zero-order valence-electron chi connectivity index (χ0n) is 13.0. The van der Waals surface area contributed by atoms with E-state index < -0.39 is 0 Å². The van der Waals surface area contributed by atoms with Gasteiger partial charge in [0.1, 0.15) is 0 Å². The van der Waals surface area contributed by atoms with Crippen LogP contribution in [0.3, 0.4) is 0 Å². The summed E-state index contributed by atoms with van der Waals surface area (Å²) in [5.74, 6) is 0.740. The zero-order valence-corrected chi connectivity index (χ0v) is 13.0. The second kappa shape index (κ2) is 7.23. The molecule has 1 fully saturated rings. The van der Waals surface area contributed by atoms with Crippen LogP contribution in [0.4, 0.5) is 0 Å². The molecule has 0 aromatic rings. The molecule has 4 nitrogen and oxygen atoms in total. The molecule has 0 aromatic carbocycles. The minimum atomic E-state index is 0.253. The molecule has 2 aliphatic rings. The largest absolute Gasteiger partial charge is 0.327 e. The van der Waals surface area contributed by atoms with Crippen LogP contribution in [-0.4, -0.2) is 47.9 Å². The highest BCUT2D eigenvalue weighted by molar-refractivity contribution is 5.80. The third-order valence-electron chi connectivity index (χ3n) is 4.65. The average molecular weight is 279 g/mol. The normalized spacial score (nSPS) is 28.1. The van der Waals surface area contributed by atoms with E-state index >= 15 is 0 Å². The van der Waals surface area contributed by atoms with E-state index in [1.165, 1.54) is 18.5 Å². The minimum Gasteiger partial charge on any atom is -0.327 e. The molecular formula is C16H29N3O. The molecule has 4 heteroatoms. The summed E-state index contributed by atoms with van der Waals surface area (Å²) in [5, 5.41) is 0. The Labute approximate surface area is 123 Å². The lowest BCUT2D eigenvalue weighted by Gasteiger charge is -2.36. The minimum absolute atomic E-state index is 0.253. The van der Waals surface area contributed by atoms with Gasteiger partial charge in [-0.15, -0.1) is 0 Å². The number of carbonyl (C=O) groups excluding carboxylic acids is 1. The molecule has 1 aliphatic heterocycles. The van der Waals surface area contributed by atoms with Gasteiger partial charge in [0.05, 0.1) is 6.54 Å². The molecule has 1 heterocycles. The molecule has 0 saturated carbocycles. The standard InChI is InChI=1S/C16H29N3O/c1-3-19(14-7-5-4-6-8-14)16(20)12-18-10-9-15(17)13(2)11-18/h7,13,15H,3-6,8-12,17H2,1-2H3. The van der Waals surface area contributed by atoms with Crippen LogP contribution in [-0.2, 0) is 4.79 Å². The van der Waals surface area contributed by atoms with E-state index in [9.17, 15) is 4.79 Å². The number of piperidine rings is 1.